The second-order valence-corrected chi connectivity index (χ2v) is 6.12. The fourth-order valence-corrected chi connectivity index (χ4v) is 2.51. The average Bonchev–Trinajstić information content (AvgIpc) is 3.10. The van der Waals surface area contributed by atoms with Crippen molar-refractivity contribution in [2.24, 2.45) is 0 Å². The number of aromatic nitrogens is 5. The lowest BCUT2D eigenvalue weighted by Crippen LogP contribution is -2.25. The molecule has 30 heavy (non-hydrogen) atoms. The molecule has 0 amide bonds. The van der Waals surface area contributed by atoms with Crippen LogP contribution in [0.4, 0.5) is 13.2 Å². The molecule has 0 saturated heterocycles. The zero-order valence-corrected chi connectivity index (χ0v) is 16.0. The fourth-order valence-electron chi connectivity index (χ4n) is 2.51. The molecule has 156 valence electrons. The van der Waals surface area contributed by atoms with E-state index in [1.807, 2.05) is 0 Å². The summed E-state index contributed by atoms with van der Waals surface area (Å²) in [5.74, 6) is 0.245. The molecule has 0 N–H and O–H groups in total. The van der Waals surface area contributed by atoms with Crippen molar-refractivity contribution in [1.29, 1.82) is 0 Å². The summed E-state index contributed by atoms with van der Waals surface area (Å²) in [4.78, 5) is 16.8. The number of allylic oxidation sites excluding steroid dienone is 4. The number of alkyl halides is 3. The Balaban J connectivity index is 1.88. The number of hydrogen-bond donors (Lipinski definition) is 0. The quantitative estimate of drug-likeness (QED) is 0.445. The smallest absolute Gasteiger partial charge is 0.406 e. The van der Waals surface area contributed by atoms with E-state index in [4.69, 9.17) is 4.52 Å². The van der Waals surface area contributed by atoms with Gasteiger partial charge in [-0.05, 0) is 49.3 Å². The molecule has 0 radical (unpaired) electrons. The van der Waals surface area contributed by atoms with E-state index in [1.54, 1.807) is 19.1 Å². The van der Waals surface area contributed by atoms with Crippen LogP contribution in [0.5, 0.6) is 0 Å². The molecule has 0 aliphatic rings. The van der Waals surface area contributed by atoms with Crippen molar-refractivity contribution in [2.75, 3.05) is 0 Å². The summed E-state index contributed by atoms with van der Waals surface area (Å²) in [6.07, 6.45) is -1.13. The van der Waals surface area contributed by atoms with Gasteiger partial charge in [0.25, 0.3) is 5.56 Å². The highest BCUT2D eigenvalue weighted by Crippen LogP contribution is 2.23. The molecule has 3 rings (SSSR count). The SMILES string of the molecule is C=C(/C=C\C(=C/C)OC(F)(F)F)c1ccc2nnn(Cc3nc(C)no3)c(=O)c2c1. The molecule has 0 spiro atoms. The number of rotatable bonds is 6. The van der Waals surface area contributed by atoms with E-state index in [9.17, 15) is 18.0 Å². The maximum absolute atomic E-state index is 12.8. The van der Waals surface area contributed by atoms with Crippen molar-refractivity contribution in [3.8, 4) is 0 Å². The molecule has 0 fully saturated rings. The number of halogens is 3. The largest absolute Gasteiger partial charge is 0.573 e. The summed E-state index contributed by atoms with van der Waals surface area (Å²) in [6.45, 7) is 6.84. The molecule has 1 aromatic carbocycles. The first-order valence-electron chi connectivity index (χ1n) is 8.62. The Bertz CT molecular complexity index is 1210. The summed E-state index contributed by atoms with van der Waals surface area (Å²) in [6, 6.07) is 4.74. The van der Waals surface area contributed by atoms with Gasteiger partial charge in [-0.15, -0.1) is 18.3 Å². The number of ether oxygens (including phenoxy) is 1. The minimum atomic E-state index is -4.79. The maximum atomic E-state index is 12.8. The van der Waals surface area contributed by atoms with Gasteiger partial charge in [0.2, 0.25) is 5.89 Å². The number of nitrogens with zero attached hydrogens (tertiary/aromatic N) is 5. The zero-order chi connectivity index (χ0) is 21.9. The van der Waals surface area contributed by atoms with Gasteiger partial charge in [0.1, 0.15) is 17.8 Å². The van der Waals surface area contributed by atoms with E-state index in [-0.39, 0.29) is 23.6 Å². The van der Waals surface area contributed by atoms with E-state index in [1.165, 1.54) is 25.1 Å². The third kappa shape index (κ3) is 4.99. The van der Waals surface area contributed by atoms with Gasteiger partial charge in [0.15, 0.2) is 5.82 Å². The highest BCUT2D eigenvalue weighted by Gasteiger charge is 2.31. The van der Waals surface area contributed by atoms with Gasteiger partial charge in [-0.3, -0.25) is 4.79 Å². The van der Waals surface area contributed by atoms with Crippen LogP contribution in [0, 0.1) is 6.92 Å². The van der Waals surface area contributed by atoms with Gasteiger partial charge in [-0.25, -0.2) is 4.68 Å². The zero-order valence-electron chi connectivity index (χ0n) is 16.0. The second kappa shape index (κ2) is 8.31. The summed E-state index contributed by atoms with van der Waals surface area (Å²) < 4.78 is 47.1. The van der Waals surface area contributed by atoms with Crippen molar-refractivity contribution in [3.05, 3.63) is 76.4 Å². The van der Waals surface area contributed by atoms with Crippen molar-refractivity contribution in [3.63, 3.8) is 0 Å². The fraction of sp³-hybridized carbons (Fsp3) is 0.211. The van der Waals surface area contributed by atoms with Gasteiger partial charge in [-0.1, -0.05) is 29.1 Å². The number of fused-ring (bicyclic) bond motifs is 1. The van der Waals surface area contributed by atoms with Gasteiger partial charge < -0.3 is 9.26 Å². The average molecular weight is 419 g/mol. The molecule has 0 saturated carbocycles. The molecule has 8 nitrogen and oxygen atoms in total. The number of benzene rings is 1. The van der Waals surface area contributed by atoms with Crippen LogP contribution in [0.1, 0.15) is 24.2 Å². The van der Waals surface area contributed by atoms with Crippen LogP contribution in [0.2, 0.25) is 0 Å². The first-order chi connectivity index (χ1) is 14.2. The van der Waals surface area contributed by atoms with Crippen LogP contribution in [-0.4, -0.2) is 31.5 Å². The third-order valence-corrected chi connectivity index (χ3v) is 3.91. The highest BCUT2D eigenvalue weighted by atomic mass is 19.4. The molecule has 0 aliphatic carbocycles. The molecule has 0 atom stereocenters. The Kier molecular flexibility index (Phi) is 5.81. The monoisotopic (exact) mass is 419 g/mol. The van der Waals surface area contributed by atoms with E-state index >= 15 is 0 Å². The van der Waals surface area contributed by atoms with Crippen LogP contribution < -0.4 is 5.56 Å². The lowest BCUT2D eigenvalue weighted by Gasteiger charge is -2.09. The Morgan fingerprint density at radius 2 is 2.10 bits per heavy atom. The molecule has 11 heteroatoms. The van der Waals surface area contributed by atoms with Gasteiger partial charge in [-0.2, -0.15) is 4.98 Å². The normalized spacial score (nSPS) is 12.6. The molecule has 2 aromatic heterocycles. The molecular formula is C19H16F3N5O3. The lowest BCUT2D eigenvalue weighted by atomic mass is 10.0. The third-order valence-electron chi connectivity index (χ3n) is 3.91. The van der Waals surface area contributed by atoms with Gasteiger partial charge >= 0.3 is 6.36 Å². The van der Waals surface area contributed by atoms with Crippen LogP contribution in [0.3, 0.4) is 0 Å². The predicted molar refractivity (Wildman–Crippen MR) is 101 cm³/mol. The minimum absolute atomic E-state index is 0.0485. The van der Waals surface area contributed by atoms with Crippen molar-refractivity contribution >= 4 is 16.5 Å². The van der Waals surface area contributed by atoms with E-state index in [2.05, 4.69) is 31.8 Å². The molecule has 0 aliphatic heterocycles. The van der Waals surface area contributed by atoms with Crippen LogP contribution >= 0.6 is 0 Å². The van der Waals surface area contributed by atoms with Crippen LogP contribution in [0.15, 0.2) is 58.1 Å². The Morgan fingerprint density at radius 1 is 1.33 bits per heavy atom. The minimum Gasteiger partial charge on any atom is -0.406 e. The molecule has 0 unspecified atom stereocenters. The standard InChI is InChI=1S/C19H16F3N5O3/c1-4-14(29-19(20,21)22)7-5-11(2)13-6-8-16-15(9-13)18(28)27(26-24-16)10-17-23-12(3)25-30-17/h4-9H,2,10H2,1,3H3/b7-5-,14-4+. The van der Waals surface area contributed by atoms with Crippen molar-refractivity contribution in [2.45, 2.75) is 26.8 Å². The number of hydrogen-bond acceptors (Lipinski definition) is 7. The van der Waals surface area contributed by atoms with E-state index in [0.29, 0.717) is 22.5 Å². The maximum Gasteiger partial charge on any atom is 0.573 e. The van der Waals surface area contributed by atoms with E-state index in [0.717, 1.165) is 10.8 Å². The first-order valence-corrected chi connectivity index (χ1v) is 8.62. The van der Waals surface area contributed by atoms with Crippen LogP contribution in [-0.2, 0) is 11.3 Å². The van der Waals surface area contributed by atoms with Crippen molar-refractivity contribution < 1.29 is 22.4 Å². The summed E-state index contributed by atoms with van der Waals surface area (Å²) in [7, 11) is 0. The summed E-state index contributed by atoms with van der Waals surface area (Å²) >= 11 is 0. The summed E-state index contributed by atoms with van der Waals surface area (Å²) in [5, 5.41) is 11.8. The lowest BCUT2D eigenvalue weighted by molar-refractivity contribution is -0.303. The molecule has 0 bridgehead atoms. The number of aryl methyl sites for hydroxylation is 1. The molecule has 2 heterocycles. The van der Waals surface area contributed by atoms with Gasteiger partial charge in [0.05, 0.1) is 5.39 Å². The van der Waals surface area contributed by atoms with Gasteiger partial charge in [0, 0.05) is 0 Å². The highest BCUT2D eigenvalue weighted by molar-refractivity contribution is 5.84. The Labute approximate surface area is 168 Å². The first kappa shape index (κ1) is 21.0. The predicted octanol–water partition coefficient (Wildman–Crippen LogP) is 3.54. The van der Waals surface area contributed by atoms with Crippen molar-refractivity contribution in [1.82, 2.24) is 25.1 Å². The Hall–Kier alpha value is -3.76. The molecule has 3 aromatic rings. The van der Waals surface area contributed by atoms with E-state index < -0.39 is 11.9 Å². The topological polar surface area (TPSA) is 95.9 Å². The summed E-state index contributed by atoms with van der Waals surface area (Å²) in [5.41, 5.74) is 0.806. The Morgan fingerprint density at radius 3 is 2.73 bits per heavy atom. The van der Waals surface area contributed by atoms with Crippen LogP contribution in [0.25, 0.3) is 16.5 Å². The second-order valence-electron chi connectivity index (χ2n) is 6.12. The molecular weight excluding hydrogens is 403 g/mol.